The van der Waals surface area contributed by atoms with E-state index in [9.17, 15) is 9.18 Å². The molecule has 6 nitrogen and oxygen atoms in total. The van der Waals surface area contributed by atoms with Crippen molar-refractivity contribution in [3.8, 4) is 11.4 Å². The van der Waals surface area contributed by atoms with E-state index in [-0.39, 0.29) is 18.3 Å². The highest BCUT2D eigenvalue weighted by Gasteiger charge is 2.22. The van der Waals surface area contributed by atoms with Crippen molar-refractivity contribution in [1.82, 2.24) is 9.97 Å². The van der Waals surface area contributed by atoms with Crippen LogP contribution < -0.4 is 5.32 Å². The molecule has 0 bridgehead atoms. The highest BCUT2D eigenvalue weighted by Crippen LogP contribution is 2.22. The average Bonchev–Trinajstić information content (AvgIpc) is 3.06. The molecule has 4 rings (SSSR count). The first-order valence-electron chi connectivity index (χ1n) is 7.95. The van der Waals surface area contributed by atoms with Crippen molar-refractivity contribution >= 4 is 22.6 Å². The van der Waals surface area contributed by atoms with E-state index in [4.69, 9.17) is 9.47 Å². The summed E-state index contributed by atoms with van der Waals surface area (Å²) in [5, 5.41) is 2.80. The van der Waals surface area contributed by atoms with Crippen molar-refractivity contribution in [2.24, 2.45) is 0 Å². The lowest BCUT2D eigenvalue weighted by Gasteiger charge is -2.22. The minimum absolute atomic E-state index is 0.230. The molecule has 1 aliphatic rings. The second-order valence-corrected chi connectivity index (χ2v) is 5.75. The molecule has 1 amide bonds. The van der Waals surface area contributed by atoms with Gasteiger partial charge in [0.2, 0.25) is 0 Å². The Labute approximate surface area is 143 Å². The van der Waals surface area contributed by atoms with Gasteiger partial charge in [-0.2, -0.15) is 0 Å². The van der Waals surface area contributed by atoms with E-state index in [1.807, 2.05) is 12.1 Å². The minimum atomic E-state index is -0.585. The van der Waals surface area contributed by atoms with Gasteiger partial charge in [0.1, 0.15) is 11.6 Å². The van der Waals surface area contributed by atoms with E-state index in [0.717, 1.165) is 5.56 Å². The Balaban J connectivity index is 1.49. The summed E-state index contributed by atoms with van der Waals surface area (Å²) in [6, 6.07) is 11.7. The van der Waals surface area contributed by atoms with Crippen LogP contribution >= 0.6 is 0 Å². The Morgan fingerprint density at radius 1 is 1.20 bits per heavy atom. The number of benzene rings is 2. The number of carbonyl (C=O) groups excluding carboxylic acids is 1. The molecule has 2 aromatic carbocycles. The summed E-state index contributed by atoms with van der Waals surface area (Å²) in [5.41, 5.74) is 2.84. The number of anilines is 1. The molecule has 1 aliphatic heterocycles. The molecular weight excluding hydrogens is 325 g/mol. The molecule has 1 saturated heterocycles. The second kappa shape index (κ2) is 6.62. The fourth-order valence-electron chi connectivity index (χ4n) is 2.69. The molecule has 0 saturated carbocycles. The van der Waals surface area contributed by atoms with Crippen LogP contribution in [0.5, 0.6) is 0 Å². The quantitative estimate of drug-likeness (QED) is 0.768. The number of H-pyrrole nitrogens is 1. The van der Waals surface area contributed by atoms with Crippen LogP contribution in [0.3, 0.4) is 0 Å². The first kappa shape index (κ1) is 15.7. The maximum Gasteiger partial charge on any atom is 0.255 e. The van der Waals surface area contributed by atoms with Gasteiger partial charge in [0.25, 0.3) is 5.91 Å². The van der Waals surface area contributed by atoms with Gasteiger partial charge >= 0.3 is 0 Å². The van der Waals surface area contributed by atoms with Gasteiger partial charge in [-0.3, -0.25) is 4.79 Å². The summed E-state index contributed by atoms with van der Waals surface area (Å²) in [6.07, 6.45) is -0.585. The van der Waals surface area contributed by atoms with Crippen LogP contribution in [0.1, 0.15) is 0 Å². The molecular formula is C18H16FN3O3. The summed E-state index contributed by atoms with van der Waals surface area (Å²) in [6.45, 7) is 1.20. The van der Waals surface area contributed by atoms with Crippen molar-refractivity contribution < 1.29 is 18.7 Å². The van der Waals surface area contributed by atoms with Gasteiger partial charge in [0.15, 0.2) is 6.10 Å². The summed E-state index contributed by atoms with van der Waals surface area (Å²) < 4.78 is 23.9. The van der Waals surface area contributed by atoms with E-state index < -0.39 is 6.10 Å². The van der Waals surface area contributed by atoms with Crippen molar-refractivity contribution in [2.45, 2.75) is 6.10 Å². The fraction of sp³-hybridized carbons (Fsp3) is 0.222. The monoisotopic (exact) mass is 341 g/mol. The van der Waals surface area contributed by atoms with Gasteiger partial charge in [-0.05, 0) is 42.5 Å². The topological polar surface area (TPSA) is 76.2 Å². The van der Waals surface area contributed by atoms with Crippen molar-refractivity contribution in [3.05, 3.63) is 48.3 Å². The number of halogens is 1. The summed E-state index contributed by atoms with van der Waals surface area (Å²) in [7, 11) is 0. The second-order valence-electron chi connectivity index (χ2n) is 5.75. The number of amides is 1. The average molecular weight is 341 g/mol. The lowest BCUT2D eigenvalue weighted by Crippen LogP contribution is -2.39. The molecule has 0 radical (unpaired) electrons. The van der Waals surface area contributed by atoms with Crippen LogP contribution in [0.25, 0.3) is 22.4 Å². The van der Waals surface area contributed by atoms with Crippen LogP contribution in [0.15, 0.2) is 42.5 Å². The standard InChI is InChI=1S/C18H16FN3O3/c19-12-3-6-14-15(9-12)22-17(21-14)11-1-4-13(5-2-11)20-18(23)16-10-24-7-8-25-16/h1-6,9,16H,7-8,10H2,(H,20,23)(H,21,22)/t16-/m0/s1. The Morgan fingerprint density at radius 3 is 2.80 bits per heavy atom. The molecule has 3 aromatic rings. The fourth-order valence-corrected chi connectivity index (χ4v) is 2.69. The van der Waals surface area contributed by atoms with E-state index in [1.165, 1.54) is 12.1 Å². The number of aromatic nitrogens is 2. The van der Waals surface area contributed by atoms with E-state index >= 15 is 0 Å². The normalized spacial score (nSPS) is 17.6. The number of fused-ring (bicyclic) bond motifs is 1. The first-order chi connectivity index (χ1) is 12.2. The molecule has 25 heavy (non-hydrogen) atoms. The van der Waals surface area contributed by atoms with Gasteiger partial charge in [0.05, 0.1) is 30.9 Å². The lowest BCUT2D eigenvalue weighted by molar-refractivity contribution is -0.142. The van der Waals surface area contributed by atoms with Gasteiger partial charge < -0.3 is 19.8 Å². The molecule has 2 N–H and O–H groups in total. The van der Waals surface area contributed by atoms with Gasteiger partial charge in [-0.25, -0.2) is 9.37 Å². The van der Waals surface area contributed by atoms with Gasteiger partial charge in [-0.15, -0.1) is 0 Å². The Hall–Kier alpha value is -2.77. The number of nitrogens with one attached hydrogen (secondary N) is 2. The predicted octanol–water partition coefficient (Wildman–Crippen LogP) is 2.72. The number of imidazole rings is 1. The Bertz CT molecular complexity index is 902. The number of aromatic amines is 1. The number of nitrogens with zero attached hydrogens (tertiary/aromatic N) is 1. The minimum Gasteiger partial charge on any atom is -0.376 e. The summed E-state index contributed by atoms with van der Waals surface area (Å²) >= 11 is 0. The Morgan fingerprint density at radius 2 is 2.04 bits per heavy atom. The highest BCUT2D eigenvalue weighted by molar-refractivity contribution is 5.94. The van der Waals surface area contributed by atoms with Crippen LogP contribution in [0.2, 0.25) is 0 Å². The number of carbonyl (C=O) groups is 1. The molecule has 1 atom stereocenters. The molecule has 7 heteroatoms. The first-order valence-corrected chi connectivity index (χ1v) is 7.95. The zero-order valence-electron chi connectivity index (χ0n) is 13.3. The van der Waals surface area contributed by atoms with E-state index in [1.54, 1.807) is 18.2 Å². The molecule has 2 heterocycles. The zero-order chi connectivity index (χ0) is 17.2. The van der Waals surface area contributed by atoms with E-state index in [2.05, 4.69) is 15.3 Å². The van der Waals surface area contributed by atoms with Crippen molar-refractivity contribution in [3.63, 3.8) is 0 Å². The largest absolute Gasteiger partial charge is 0.376 e. The zero-order valence-corrected chi connectivity index (χ0v) is 13.3. The van der Waals surface area contributed by atoms with Gasteiger partial charge in [-0.1, -0.05) is 0 Å². The number of rotatable bonds is 3. The van der Waals surface area contributed by atoms with Crippen LogP contribution in [0, 0.1) is 5.82 Å². The van der Waals surface area contributed by atoms with Crippen molar-refractivity contribution in [1.29, 1.82) is 0 Å². The maximum atomic E-state index is 13.3. The molecule has 1 fully saturated rings. The summed E-state index contributed by atoms with van der Waals surface area (Å²) in [5.74, 6) is 0.101. The molecule has 0 spiro atoms. The molecule has 0 aliphatic carbocycles. The van der Waals surface area contributed by atoms with Crippen LogP contribution in [-0.4, -0.2) is 41.8 Å². The summed E-state index contributed by atoms with van der Waals surface area (Å²) in [4.78, 5) is 19.6. The number of hydrogen-bond donors (Lipinski definition) is 2. The van der Waals surface area contributed by atoms with Crippen molar-refractivity contribution in [2.75, 3.05) is 25.1 Å². The Kier molecular flexibility index (Phi) is 4.17. The molecule has 128 valence electrons. The third-order valence-corrected chi connectivity index (χ3v) is 3.98. The lowest BCUT2D eigenvalue weighted by atomic mass is 10.2. The van der Waals surface area contributed by atoms with Crippen LogP contribution in [0.4, 0.5) is 10.1 Å². The number of ether oxygens (including phenoxy) is 2. The third kappa shape index (κ3) is 3.38. The third-order valence-electron chi connectivity index (χ3n) is 3.98. The number of hydrogen-bond acceptors (Lipinski definition) is 4. The molecule has 1 aromatic heterocycles. The molecule has 0 unspecified atom stereocenters. The highest BCUT2D eigenvalue weighted by atomic mass is 19.1. The predicted molar refractivity (Wildman–Crippen MR) is 90.7 cm³/mol. The van der Waals surface area contributed by atoms with Crippen LogP contribution in [-0.2, 0) is 14.3 Å². The maximum absolute atomic E-state index is 13.3. The SMILES string of the molecule is O=C(Nc1ccc(-c2nc3ccc(F)cc3[nH]2)cc1)[C@@H]1COCCO1. The smallest absolute Gasteiger partial charge is 0.255 e. The van der Waals surface area contributed by atoms with Gasteiger partial charge in [0, 0.05) is 11.3 Å². The van der Waals surface area contributed by atoms with E-state index in [0.29, 0.717) is 35.8 Å².